The van der Waals surface area contributed by atoms with Gasteiger partial charge in [0, 0.05) is 61.7 Å². The molecule has 148 valence electrons. The lowest BCUT2D eigenvalue weighted by molar-refractivity contribution is 0.260. The fraction of sp³-hybridized carbons (Fsp3) is 0.381. The van der Waals surface area contributed by atoms with Crippen LogP contribution in [0.3, 0.4) is 0 Å². The van der Waals surface area contributed by atoms with Gasteiger partial charge in [0.15, 0.2) is 5.96 Å². The minimum Gasteiger partial charge on any atom is -0.361 e. The maximum Gasteiger partial charge on any atom is 0.191 e. The number of H-pyrrole nitrogens is 1. The topological polar surface area (TPSA) is 55.5 Å². The van der Waals surface area contributed by atoms with Crippen molar-refractivity contribution in [2.45, 2.75) is 19.4 Å². The summed E-state index contributed by atoms with van der Waals surface area (Å²) in [6.07, 6.45) is 3.92. The molecule has 1 aliphatic rings. The highest BCUT2D eigenvalue weighted by molar-refractivity contribution is 7.10. The second-order valence-electron chi connectivity index (χ2n) is 7.07. The Morgan fingerprint density at radius 2 is 2.18 bits per heavy atom. The van der Waals surface area contributed by atoms with Gasteiger partial charge in [-0.2, -0.15) is 0 Å². The number of aliphatic imine (C=N–C) groups is 1. The predicted octanol–water partition coefficient (Wildman–Crippen LogP) is 3.13. The van der Waals surface area contributed by atoms with Crippen LogP contribution in [-0.2, 0) is 19.4 Å². The second kappa shape index (κ2) is 8.75. The molecule has 0 amide bonds. The first-order valence-corrected chi connectivity index (χ1v) is 10.6. The largest absolute Gasteiger partial charge is 0.361 e. The Balaban J connectivity index is 1.21. The summed E-state index contributed by atoms with van der Waals surface area (Å²) in [5.74, 6) is 0.602. The van der Waals surface area contributed by atoms with Crippen LogP contribution in [0.25, 0.3) is 10.9 Å². The van der Waals surface area contributed by atoms with Crippen molar-refractivity contribution in [2.75, 3.05) is 33.2 Å². The van der Waals surface area contributed by atoms with Gasteiger partial charge in [0.1, 0.15) is 5.82 Å². The van der Waals surface area contributed by atoms with Crippen LogP contribution in [0.15, 0.2) is 40.8 Å². The first-order chi connectivity index (χ1) is 13.7. The molecule has 0 radical (unpaired) electrons. The standard InChI is InChI=1S/C21H26FN5S/c1-23-21(25-8-10-27-9-5-20-16(14-27)6-11-28-20)24-7-4-15-13-26-19-3-2-17(22)12-18(15)19/h2-3,6,11-13,26H,4-5,7-10,14H2,1H3,(H2,23,24,25). The zero-order chi connectivity index (χ0) is 19.3. The van der Waals surface area contributed by atoms with Gasteiger partial charge in [0.2, 0.25) is 0 Å². The highest BCUT2D eigenvalue weighted by atomic mass is 32.1. The van der Waals surface area contributed by atoms with Gasteiger partial charge in [-0.25, -0.2) is 4.39 Å². The second-order valence-corrected chi connectivity index (χ2v) is 8.08. The third-order valence-corrected chi connectivity index (χ3v) is 6.27. The highest BCUT2D eigenvalue weighted by Gasteiger charge is 2.16. The molecule has 7 heteroatoms. The highest BCUT2D eigenvalue weighted by Crippen LogP contribution is 2.23. The van der Waals surface area contributed by atoms with Crippen molar-refractivity contribution < 1.29 is 4.39 Å². The molecule has 2 aromatic heterocycles. The SMILES string of the molecule is CN=C(NCCc1c[nH]c2ccc(F)cc12)NCCN1CCc2sccc2C1. The molecular weight excluding hydrogens is 373 g/mol. The molecule has 1 aromatic carbocycles. The van der Waals surface area contributed by atoms with Crippen LogP contribution in [0.1, 0.15) is 16.0 Å². The van der Waals surface area contributed by atoms with E-state index >= 15 is 0 Å². The molecule has 3 aromatic rings. The molecule has 28 heavy (non-hydrogen) atoms. The van der Waals surface area contributed by atoms with Crippen LogP contribution in [0.5, 0.6) is 0 Å². The average molecular weight is 400 g/mol. The van der Waals surface area contributed by atoms with E-state index in [0.29, 0.717) is 0 Å². The Kier molecular flexibility index (Phi) is 5.92. The maximum absolute atomic E-state index is 13.5. The van der Waals surface area contributed by atoms with Gasteiger partial charge in [-0.05, 0) is 53.6 Å². The number of halogens is 1. The molecule has 1 aliphatic heterocycles. The summed E-state index contributed by atoms with van der Waals surface area (Å²) >= 11 is 1.87. The summed E-state index contributed by atoms with van der Waals surface area (Å²) < 4.78 is 13.5. The summed E-state index contributed by atoms with van der Waals surface area (Å²) in [5, 5.41) is 9.89. The summed E-state index contributed by atoms with van der Waals surface area (Å²) in [5.41, 5.74) is 3.56. The summed E-state index contributed by atoms with van der Waals surface area (Å²) in [4.78, 5) is 11.5. The molecule has 0 fully saturated rings. The van der Waals surface area contributed by atoms with Crippen LogP contribution in [0, 0.1) is 5.82 Å². The Morgan fingerprint density at radius 1 is 1.29 bits per heavy atom. The average Bonchev–Trinajstić information content (AvgIpc) is 3.33. The van der Waals surface area contributed by atoms with Crippen molar-refractivity contribution in [1.82, 2.24) is 20.5 Å². The molecule has 0 saturated heterocycles. The van der Waals surface area contributed by atoms with E-state index in [9.17, 15) is 4.39 Å². The molecule has 3 N–H and O–H groups in total. The lowest BCUT2D eigenvalue weighted by atomic mass is 10.1. The number of nitrogens with one attached hydrogen (secondary N) is 3. The zero-order valence-electron chi connectivity index (χ0n) is 16.1. The smallest absolute Gasteiger partial charge is 0.191 e. The summed E-state index contributed by atoms with van der Waals surface area (Å²) in [6.45, 7) is 4.77. The van der Waals surface area contributed by atoms with Crippen LogP contribution >= 0.6 is 11.3 Å². The van der Waals surface area contributed by atoms with Crippen molar-refractivity contribution >= 4 is 28.2 Å². The van der Waals surface area contributed by atoms with E-state index in [4.69, 9.17) is 0 Å². The molecule has 0 saturated carbocycles. The van der Waals surface area contributed by atoms with Crippen molar-refractivity contribution in [3.63, 3.8) is 0 Å². The van der Waals surface area contributed by atoms with Crippen molar-refractivity contribution in [3.05, 3.63) is 57.7 Å². The molecule has 5 nitrogen and oxygen atoms in total. The van der Waals surface area contributed by atoms with Gasteiger partial charge in [0.05, 0.1) is 0 Å². The Bertz CT molecular complexity index is 961. The first-order valence-electron chi connectivity index (χ1n) is 9.70. The minimum atomic E-state index is -0.203. The Labute approximate surface area is 168 Å². The number of hydrogen-bond donors (Lipinski definition) is 3. The van der Waals surface area contributed by atoms with Crippen LogP contribution in [0.2, 0.25) is 0 Å². The monoisotopic (exact) mass is 399 g/mol. The fourth-order valence-corrected chi connectivity index (χ4v) is 4.61. The number of fused-ring (bicyclic) bond motifs is 2. The number of rotatable bonds is 6. The third-order valence-electron chi connectivity index (χ3n) is 5.25. The van der Waals surface area contributed by atoms with E-state index < -0.39 is 0 Å². The van der Waals surface area contributed by atoms with Gasteiger partial charge in [0.25, 0.3) is 0 Å². The van der Waals surface area contributed by atoms with Crippen molar-refractivity contribution in [1.29, 1.82) is 0 Å². The Morgan fingerprint density at radius 3 is 3.07 bits per heavy atom. The molecule has 0 aliphatic carbocycles. The van der Waals surface area contributed by atoms with Gasteiger partial charge < -0.3 is 15.6 Å². The quantitative estimate of drug-likeness (QED) is 0.441. The molecule has 0 spiro atoms. The Hall–Kier alpha value is -2.38. The van der Waals surface area contributed by atoms with Gasteiger partial charge in [-0.15, -0.1) is 11.3 Å². The van der Waals surface area contributed by atoms with E-state index in [0.717, 1.165) is 68.0 Å². The van der Waals surface area contributed by atoms with Crippen molar-refractivity contribution in [2.24, 2.45) is 4.99 Å². The molecule has 0 atom stereocenters. The number of aromatic amines is 1. The van der Waals surface area contributed by atoms with Gasteiger partial charge in [-0.3, -0.25) is 9.89 Å². The molecule has 0 bridgehead atoms. The molecular formula is C21H26FN5S. The normalized spacial score (nSPS) is 15.0. The number of hydrogen-bond acceptors (Lipinski definition) is 3. The molecule has 3 heterocycles. The maximum atomic E-state index is 13.5. The number of guanidine groups is 1. The molecule has 4 rings (SSSR count). The van der Waals surface area contributed by atoms with E-state index in [1.807, 2.05) is 17.5 Å². The van der Waals surface area contributed by atoms with Crippen LogP contribution < -0.4 is 10.6 Å². The lowest BCUT2D eigenvalue weighted by Crippen LogP contribution is -2.43. The van der Waals surface area contributed by atoms with E-state index in [1.54, 1.807) is 24.1 Å². The summed E-state index contributed by atoms with van der Waals surface area (Å²) in [7, 11) is 1.79. The van der Waals surface area contributed by atoms with E-state index in [2.05, 4.69) is 37.0 Å². The van der Waals surface area contributed by atoms with E-state index in [1.165, 1.54) is 11.6 Å². The number of thiophene rings is 1. The lowest BCUT2D eigenvalue weighted by Gasteiger charge is -2.27. The minimum absolute atomic E-state index is 0.203. The number of benzene rings is 1. The molecule has 0 unspecified atom stereocenters. The summed E-state index contributed by atoms with van der Waals surface area (Å²) in [6, 6.07) is 7.10. The van der Waals surface area contributed by atoms with Crippen molar-refractivity contribution in [3.8, 4) is 0 Å². The van der Waals surface area contributed by atoms with Gasteiger partial charge >= 0.3 is 0 Å². The van der Waals surface area contributed by atoms with E-state index in [-0.39, 0.29) is 5.82 Å². The zero-order valence-corrected chi connectivity index (χ0v) is 16.9. The number of nitrogens with zero attached hydrogens (tertiary/aromatic N) is 2. The number of aromatic nitrogens is 1. The van der Waals surface area contributed by atoms with Crippen LogP contribution in [-0.4, -0.2) is 49.1 Å². The fourth-order valence-electron chi connectivity index (χ4n) is 3.72. The third kappa shape index (κ3) is 4.36. The van der Waals surface area contributed by atoms with Crippen LogP contribution in [0.4, 0.5) is 4.39 Å². The van der Waals surface area contributed by atoms with Gasteiger partial charge in [-0.1, -0.05) is 0 Å². The first kappa shape index (κ1) is 19.0. The predicted molar refractivity (Wildman–Crippen MR) is 115 cm³/mol.